The van der Waals surface area contributed by atoms with E-state index < -0.39 is 5.82 Å². The molecule has 0 bridgehead atoms. The maximum atomic E-state index is 13.6. The van der Waals surface area contributed by atoms with Gasteiger partial charge in [0.05, 0.1) is 5.02 Å². The van der Waals surface area contributed by atoms with Crippen molar-refractivity contribution >= 4 is 23.2 Å². The van der Waals surface area contributed by atoms with Gasteiger partial charge in [-0.05, 0) is 51.4 Å². The highest BCUT2D eigenvalue weighted by atomic mass is 35.5. The van der Waals surface area contributed by atoms with Crippen molar-refractivity contribution in [3.63, 3.8) is 0 Å². The van der Waals surface area contributed by atoms with Gasteiger partial charge in [-0.1, -0.05) is 23.2 Å². The van der Waals surface area contributed by atoms with Gasteiger partial charge in [-0.25, -0.2) is 4.39 Å². The van der Waals surface area contributed by atoms with E-state index in [0.717, 1.165) is 31.5 Å². The molecule has 112 valence electrons. The normalized spacial score (nSPS) is 20.9. The molecule has 1 aromatic carbocycles. The maximum absolute atomic E-state index is 13.6. The Balaban J connectivity index is 2.13. The Kier molecular flexibility index (Phi) is 4.96. The van der Waals surface area contributed by atoms with Crippen molar-refractivity contribution in [1.82, 2.24) is 10.2 Å². The molecule has 1 N–H and O–H groups in total. The molecule has 20 heavy (non-hydrogen) atoms. The number of piperidine rings is 1. The van der Waals surface area contributed by atoms with E-state index in [9.17, 15) is 4.39 Å². The van der Waals surface area contributed by atoms with Crippen LogP contribution in [0.1, 0.15) is 38.3 Å². The standard InChI is InChI=1S/C15H21Cl2FN2/c1-10(11-8-14(18)13(17)9-12(11)16)20-6-4-15(2,19-3)5-7-20/h8-10,19H,4-7H2,1-3H3. The van der Waals surface area contributed by atoms with Gasteiger partial charge in [0.15, 0.2) is 0 Å². The van der Waals surface area contributed by atoms with Gasteiger partial charge in [-0.2, -0.15) is 0 Å². The molecule has 1 aliphatic rings. The molecule has 1 heterocycles. The molecule has 0 radical (unpaired) electrons. The second-order valence-corrected chi connectivity index (χ2v) is 6.62. The van der Waals surface area contributed by atoms with Crippen molar-refractivity contribution in [2.75, 3.05) is 20.1 Å². The quantitative estimate of drug-likeness (QED) is 0.837. The number of likely N-dealkylation sites (tertiary alicyclic amines) is 1. The van der Waals surface area contributed by atoms with Crippen LogP contribution in [0.3, 0.4) is 0 Å². The molecule has 1 aliphatic heterocycles. The molecular formula is C15H21Cl2FN2. The second kappa shape index (κ2) is 6.18. The molecule has 0 amide bonds. The number of hydrogen-bond acceptors (Lipinski definition) is 2. The summed E-state index contributed by atoms with van der Waals surface area (Å²) in [6.45, 7) is 6.25. The molecular weight excluding hydrogens is 298 g/mol. The average Bonchev–Trinajstić information content (AvgIpc) is 2.43. The Hall–Kier alpha value is -0.350. The summed E-state index contributed by atoms with van der Waals surface area (Å²) in [5.41, 5.74) is 1.01. The highest BCUT2D eigenvalue weighted by Gasteiger charge is 2.31. The monoisotopic (exact) mass is 318 g/mol. The first-order valence-electron chi connectivity index (χ1n) is 6.94. The highest BCUT2D eigenvalue weighted by Crippen LogP contribution is 2.34. The van der Waals surface area contributed by atoms with E-state index in [1.807, 2.05) is 7.05 Å². The Bertz CT molecular complexity index is 485. The fraction of sp³-hybridized carbons (Fsp3) is 0.600. The number of rotatable bonds is 3. The summed E-state index contributed by atoms with van der Waals surface area (Å²) in [4.78, 5) is 2.34. The van der Waals surface area contributed by atoms with E-state index in [4.69, 9.17) is 23.2 Å². The number of nitrogens with one attached hydrogen (secondary N) is 1. The van der Waals surface area contributed by atoms with Crippen LogP contribution < -0.4 is 5.32 Å². The lowest BCUT2D eigenvalue weighted by Gasteiger charge is -2.42. The Morgan fingerprint density at radius 1 is 1.25 bits per heavy atom. The average molecular weight is 319 g/mol. The summed E-state index contributed by atoms with van der Waals surface area (Å²) in [6, 6.07) is 3.04. The lowest BCUT2D eigenvalue weighted by Crippen LogP contribution is -2.50. The van der Waals surface area contributed by atoms with Gasteiger partial charge in [0.25, 0.3) is 0 Å². The first kappa shape index (κ1) is 16.0. The van der Waals surface area contributed by atoms with E-state index in [1.165, 1.54) is 12.1 Å². The first-order chi connectivity index (χ1) is 9.36. The summed E-state index contributed by atoms with van der Waals surface area (Å²) in [5, 5.41) is 3.99. The van der Waals surface area contributed by atoms with Crippen LogP contribution in [0.5, 0.6) is 0 Å². The van der Waals surface area contributed by atoms with E-state index in [-0.39, 0.29) is 16.6 Å². The second-order valence-electron chi connectivity index (χ2n) is 5.81. The lowest BCUT2D eigenvalue weighted by atomic mass is 9.88. The van der Waals surface area contributed by atoms with Gasteiger partial charge >= 0.3 is 0 Å². The number of hydrogen-bond donors (Lipinski definition) is 1. The molecule has 2 nitrogen and oxygen atoms in total. The van der Waals surface area contributed by atoms with Crippen LogP contribution in [-0.2, 0) is 0 Å². The topological polar surface area (TPSA) is 15.3 Å². The van der Waals surface area contributed by atoms with E-state index in [2.05, 4.69) is 24.1 Å². The van der Waals surface area contributed by atoms with Crippen molar-refractivity contribution in [2.45, 2.75) is 38.3 Å². The third-order valence-corrected chi connectivity index (χ3v) is 5.16. The fourth-order valence-electron chi connectivity index (χ4n) is 2.71. The largest absolute Gasteiger partial charge is 0.314 e. The van der Waals surface area contributed by atoms with Gasteiger partial charge in [0, 0.05) is 29.7 Å². The summed E-state index contributed by atoms with van der Waals surface area (Å²) >= 11 is 12.0. The number of halogens is 3. The van der Waals surface area contributed by atoms with Gasteiger partial charge < -0.3 is 5.32 Å². The zero-order valence-electron chi connectivity index (χ0n) is 12.1. The molecule has 2 rings (SSSR count). The molecule has 0 aliphatic carbocycles. The van der Waals surface area contributed by atoms with Gasteiger partial charge in [-0.3, -0.25) is 4.90 Å². The van der Waals surface area contributed by atoms with Crippen molar-refractivity contribution < 1.29 is 4.39 Å². The van der Waals surface area contributed by atoms with E-state index in [1.54, 1.807) is 0 Å². The van der Waals surface area contributed by atoms with Crippen LogP contribution in [-0.4, -0.2) is 30.6 Å². The molecule has 0 aromatic heterocycles. The molecule has 1 unspecified atom stereocenters. The number of nitrogens with zero attached hydrogens (tertiary/aromatic N) is 1. The third kappa shape index (κ3) is 3.28. The van der Waals surface area contributed by atoms with Crippen LogP contribution in [0.2, 0.25) is 10.0 Å². The van der Waals surface area contributed by atoms with Crippen molar-refractivity contribution in [1.29, 1.82) is 0 Å². The SMILES string of the molecule is CNC1(C)CCN(C(C)c2cc(F)c(Cl)cc2Cl)CC1. The predicted molar refractivity (Wildman–Crippen MR) is 83.1 cm³/mol. The van der Waals surface area contributed by atoms with Crippen LogP contribution in [0.4, 0.5) is 4.39 Å². The minimum Gasteiger partial charge on any atom is -0.314 e. The molecule has 1 saturated heterocycles. The van der Waals surface area contributed by atoms with Crippen LogP contribution in [0.25, 0.3) is 0 Å². The smallest absolute Gasteiger partial charge is 0.142 e. The van der Waals surface area contributed by atoms with Crippen molar-refractivity contribution in [3.05, 3.63) is 33.6 Å². The Labute approximate surface area is 130 Å². The van der Waals surface area contributed by atoms with Crippen LogP contribution in [0, 0.1) is 5.82 Å². The fourth-order valence-corrected chi connectivity index (χ4v) is 3.25. The number of benzene rings is 1. The zero-order chi connectivity index (χ0) is 14.9. The van der Waals surface area contributed by atoms with Crippen molar-refractivity contribution in [2.24, 2.45) is 0 Å². The maximum Gasteiger partial charge on any atom is 0.142 e. The van der Waals surface area contributed by atoms with Gasteiger partial charge in [0.2, 0.25) is 0 Å². The summed E-state index contributed by atoms with van der Waals surface area (Å²) < 4.78 is 13.6. The highest BCUT2D eigenvalue weighted by molar-refractivity contribution is 6.35. The molecule has 0 spiro atoms. The third-order valence-electron chi connectivity index (χ3n) is 4.54. The zero-order valence-corrected chi connectivity index (χ0v) is 13.7. The summed E-state index contributed by atoms with van der Waals surface area (Å²) in [6.07, 6.45) is 2.14. The van der Waals surface area contributed by atoms with Crippen LogP contribution in [0.15, 0.2) is 12.1 Å². The molecule has 1 fully saturated rings. The van der Waals surface area contributed by atoms with Crippen molar-refractivity contribution in [3.8, 4) is 0 Å². The van der Waals surface area contributed by atoms with Crippen LogP contribution >= 0.6 is 23.2 Å². The lowest BCUT2D eigenvalue weighted by molar-refractivity contribution is 0.117. The summed E-state index contributed by atoms with van der Waals surface area (Å²) in [7, 11) is 2.00. The van der Waals surface area contributed by atoms with Gasteiger partial charge in [-0.15, -0.1) is 0 Å². The molecule has 1 atom stereocenters. The van der Waals surface area contributed by atoms with Gasteiger partial charge in [0.1, 0.15) is 5.82 Å². The Morgan fingerprint density at radius 3 is 2.40 bits per heavy atom. The van der Waals surface area contributed by atoms with E-state index in [0.29, 0.717) is 5.02 Å². The Morgan fingerprint density at radius 2 is 1.85 bits per heavy atom. The minimum absolute atomic E-state index is 0.0763. The minimum atomic E-state index is -0.407. The molecule has 1 aromatic rings. The molecule has 5 heteroatoms. The predicted octanol–water partition coefficient (Wildman–Crippen LogP) is 4.27. The van der Waals surface area contributed by atoms with E-state index >= 15 is 0 Å². The first-order valence-corrected chi connectivity index (χ1v) is 7.69. The summed E-state index contributed by atoms with van der Waals surface area (Å²) in [5.74, 6) is -0.407. The molecule has 0 saturated carbocycles.